The highest BCUT2D eigenvalue weighted by Gasteiger charge is 2.10. The first-order chi connectivity index (χ1) is 11.9. The Morgan fingerprint density at radius 2 is 1.88 bits per heavy atom. The SMILES string of the molecule is COC(=O)Cc1cc(=O)[nH]c(SCC(=O)Nc2cc(C)cc(C)c2)n1. The Hall–Kier alpha value is -2.61. The summed E-state index contributed by atoms with van der Waals surface area (Å²) in [5, 5.41) is 3.09. The van der Waals surface area contributed by atoms with Gasteiger partial charge < -0.3 is 15.0 Å². The number of amides is 1. The number of carbonyl (C=O) groups excluding carboxylic acids is 2. The number of ether oxygens (including phenoxy) is 1. The maximum atomic E-state index is 12.1. The van der Waals surface area contributed by atoms with Crippen LogP contribution in [0, 0.1) is 13.8 Å². The summed E-state index contributed by atoms with van der Waals surface area (Å²) in [7, 11) is 1.27. The Morgan fingerprint density at radius 1 is 1.20 bits per heavy atom. The summed E-state index contributed by atoms with van der Waals surface area (Å²) in [5.74, 6) is -0.616. The second-order valence-corrected chi connectivity index (χ2v) is 6.47. The average Bonchev–Trinajstić information content (AvgIpc) is 2.51. The molecule has 0 aliphatic carbocycles. The third kappa shape index (κ3) is 6.07. The molecule has 0 spiro atoms. The van der Waals surface area contributed by atoms with E-state index in [0.29, 0.717) is 5.69 Å². The van der Waals surface area contributed by atoms with E-state index in [1.807, 2.05) is 32.0 Å². The van der Waals surface area contributed by atoms with Crippen LogP contribution in [-0.4, -0.2) is 34.7 Å². The van der Waals surface area contributed by atoms with E-state index >= 15 is 0 Å². The van der Waals surface area contributed by atoms with Gasteiger partial charge in [0.15, 0.2) is 5.16 Å². The largest absolute Gasteiger partial charge is 0.469 e. The summed E-state index contributed by atoms with van der Waals surface area (Å²) in [6.45, 7) is 3.91. The fourth-order valence-electron chi connectivity index (χ4n) is 2.24. The number of methoxy groups -OCH3 is 1. The monoisotopic (exact) mass is 361 g/mol. The van der Waals surface area contributed by atoms with E-state index in [1.54, 1.807) is 0 Å². The first-order valence-corrected chi connectivity index (χ1v) is 8.52. The molecule has 132 valence electrons. The minimum atomic E-state index is -0.485. The van der Waals surface area contributed by atoms with E-state index in [1.165, 1.54) is 13.2 Å². The summed E-state index contributed by atoms with van der Waals surface area (Å²) < 4.78 is 4.56. The maximum Gasteiger partial charge on any atom is 0.311 e. The van der Waals surface area contributed by atoms with Gasteiger partial charge in [-0.2, -0.15) is 0 Å². The lowest BCUT2D eigenvalue weighted by molar-refractivity contribution is -0.139. The molecular weight excluding hydrogens is 342 g/mol. The van der Waals surface area contributed by atoms with Crippen LogP contribution >= 0.6 is 11.8 Å². The first-order valence-electron chi connectivity index (χ1n) is 7.53. The molecule has 25 heavy (non-hydrogen) atoms. The molecule has 0 aliphatic heterocycles. The van der Waals surface area contributed by atoms with Crippen LogP contribution in [0.5, 0.6) is 0 Å². The Balaban J connectivity index is 1.99. The fourth-order valence-corrected chi connectivity index (χ4v) is 2.93. The Kier molecular flexibility index (Phi) is 6.35. The number of anilines is 1. The molecule has 0 radical (unpaired) electrons. The van der Waals surface area contributed by atoms with Crippen molar-refractivity contribution >= 4 is 29.3 Å². The van der Waals surface area contributed by atoms with Crippen molar-refractivity contribution in [3.63, 3.8) is 0 Å². The molecule has 0 bridgehead atoms. The second kappa shape index (κ2) is 8.48. The first kappa shape index (κ1) is 18.7. The predicted octanol–water partition coefficient (Wildman–Crippen LogP) is 1.83. The molecule has 7 nitrogen and oxygen atoms in total. The highest BCUT2D eigenvalue weighted by molar-refractivity contribution is 7.99. The van der Waals surface area contributed by atoms with Gasteiger partial charge in [0.1, 0.15) is 0 Å². The van der Waals surface area contributed by atoms with Crippen molar-refractivity contribution in [2.24, 2.45) is 0 Å². The summed E-state index contributed by atoms with van der Waals surface area (Å²) >= 11 is 1.09. The van der Waals surface area contributed by atoms with Gasteiger partial charge in [0.05, 0.1) is 25.0 Å². The van der Waals surface area contributed by atoms with Crippen LogP contribution in [0.15, 0.2) is 34.2 Å². The normalized spacial score (nSPS) is 10.4. The van der Waals surface area contributed by atoms with E-state index in [4.69, 9.17) is 0 Å². The number of nitrogens with one attached hydrogen (secondary N) is 2. The topological polar surface area (TPSA) is 101 Å². The van der Waals surface area contributed by atoms with Gasteiger partial charge in [-0.05, 0) is 37.1 Å². The number of carbonyl (C=O) groups is 2. The molecule has 1 aromatic carbocycles. The third-order valence-corrected chi connectivity index (χ3v) is 4.04. The summed E-state index contributed by atoms with van der Waals surface area (Å²) in [4.78, 5) is 41.7. The number of thioether (sulfide) groups is 1. The lowest BCUT2D eigenvalue weighted by Gasteiger charge is -2.07. The standard InChI is InChI=1S/C17H19N3O4S/c1-10-4-11(2)6-12(5-10)18-15(22)9-25-17-19-13(7-14(21)20-17)8-16(23)24-3/h4-7H,8-9H2,1-3H3,(H,18,22)(H,19,20,21). The van der Waals surface area contributed by atoms with Gasteiger partial charge in [-0.25, -0.2) is 4.98 Å². The minimum absolute atomic E-state index is 0.0810. The molecule has 0 fully saturated rings. The number of esters is 1. The number of nitrogens with zero attached hydrogens (tertiary/aromatic N) is 1. The summed E-state index contributed by atoms with van der Waals surface area (Å²) in [6, 6.07) is 7.02. The van der Waals surface area contributed by atoms with E-state index in [2.05, 4.69) is 20.0 Å². The molecule has 2 aromatic rings. The van der Waals surface area contributed by atoms with Gasteiger partial charge in [0, 0.05) is 11.8 Å². The van der Waals surface area contributed by atoms with Gasteiger partial charge in [-0.3, -0.25) is 14.4 Å². The maximum absolute atomic E-state index is 12.1. The zero-order chi connectivity index (χ0) is 18.4. The molecule has 2 rings (SSSR count). The Labute approximate surface area is 149 Å². The van der Waals surface area contributed by atoms with Crippen LogP contribution in [0.3, 0.4) is 0 Å². The molecule has 8 heteroatoms. The van der Waals surface area contributed by atoms with Gasteiger partial charge in [-0.15, -0.1) is 0 Å². The van der Waals surface area contributed by atoms with Crippen LogP contribution in [0.2, 0.25) is 0 Å². The number of hydrogen-bond acceptors (Lipinski definition) is 6. The number of hydrogen-bond donors (Lipinski definition) is 2. The van der Waals surface area contributed by atoms with Crippen molar-refractivity contribution in [3.8, 4) is 0 Å². The minimum Gasteiger partial charge on any atom is -0.469 e. The van der Waals surface area contributed by atoms with Crippen LogP contribution in [0.25, 0.3) is 0 Å². The Bertz CT molecular complexity index is 828. The zero-order valence-corrected chi connectivity index (χ0v) is 15.0. The zero-order valence-electron chi connectivity index (χ0n) is 14.2. The van der Waals surface area contributed by atoms with Crippen molar-refractivity contribution in [1.82, 2.24) is 9.97 Å². The number of aromatic amines is 1. The lowest BCUT2D eigenvalue weighted by atomic mass is 10.1. The molecule has 2 N–H and O–H groups in total. The number of benzene rings is 1. The Morgan fingerprint density at radius 3 is 2.52 bits per heavy atom. The molecule has 1 aromatic heterocycles. The number of rotatable bonds is 6. The van der Waals surface area contributed by atoms with Gasteiger partial charge in [0.25, 0.3) is 5.56 Å². The van der Waals surface area contributed by atoms with Crippen molar-refractivity contribution < 1.29 is 14.3 Å². The van der Waals surface area contributed by atoms with E-state index < -0.39 is 5.97 Å². The average molecular weight is 361 g/mol. The summed E-state index contributed by atoms with van der Waals surface area (Å²) in [5.41, 5.74) is 2.76. The molecular formula is C17H19N3O4S. The molecule has 0 atom stereocenters. The van der Waals surface area contributed by atoms with E-state index in [0.717, 1.165) is 28.6 Å². The van der Waals surface area contributed by atoms with Crippen LogP contribution in [0.4, 0.5) is 5.69 Å². The van der Waals surface area contributed by atoms with Crippen LogP contribution in [-0.2, 0) is 20.7 Å². The number of aryl methyl sites for hydroxylation is 2. The van der Waals surface area contributed by atoms with Gasteiger partial charge in [-0.1, -0.05) is 17.8 Å². The van der Waals surface area contributed by atoms with Crippen molar-refractivity contribution in [2.45, 2.75) is 25.4 Å². The second-order valence-electron chi connectivity index (χ2n) is 5.51. The number of aromatic nitrogens is 2. The van der Waals surface area contributed by atoms with Crippen molar-refractivity contribution in [1.29, 1.82) is 0 Å². The predicted molar refractivity (Wildman–Crippen MR) is 95.8 cm³/mol. The van der Waals surface area contributed by atoms with Crippen molar-refractivity contribution in [2.75, 3.05) is 18.2 Å². The fraction of sp³-hybridized carbons (Fsp3) is 0.294. The van der Waals surface area contributed by atoms with E-state index in [9.17, 15) is 14.4 Å². The van der Waals surface area contributed by atoms with E-state index in [-0.39, 0.29) is 28.8 Å². The third-order valence-electron chi connectivity index (χ3n) is 3.17. The quantitative estimate of drug-likeness (QED) is 0.462. The molecule has 0 aliphatic rings. The summed E-state index contributed by atoms with van der Waals surface area (Å²) in [6.07, 6.45) is -0.0945. The smallest absolute Gasteiger partial charge is 0.311 e. The highest BCUT2D eigenvalue weighted by Crippen LogP contribution is 2.16. The molecule has 0 unspecified atom stereocenters. The highest BCUT2D eigenvalue weighted by atomic mass is 32.2. The molecule has 0 saturated heterocycles. The molecule has 1 amide bonds. The molecule has 1 heterocycles. The van der Waals surface area contributed by atoms with Crippen LogP contribution in [0.1, 0.15) is 16.8 Å². The lowest BCUT2D eigenvalue weighted by Crippen LogP contribution is -2.17. The van der Waals surface area contributed by atoms with Gasteiger partial charge in [0.2, 0.25) is 5.91 Å². The van der Waals surface area contributed by atoms with Crippen LogP contribution < -0.4 is 10.9 Å². The van der Waals surface area contributed by atoms with Gasteiger partial charge >= 0.3 is 5.97 Å². The van der Waals surface area contributed by atoms with Crippen molar-refractivity contribution in [3.05, 3.63) is 51.4 Å². The molecule has 0 saturated carbocycles. The number of H-pyrrole nitrogens is 1.